The summed E-state index contributed by atoms with van der Waals surface area (Å²) in [5.41, 5.74) is 6.13. The molecule has 2 heteroatoms. The van der Waals surface area contributed by atoms with Gasteiger partial charge in [-0.05, 0) is 24.3 Å². The van der Waals surface area contributed by atoms with Crippen molar-refractivity contribution < 1.29 is 0 Å². The average Bonchev–Trinajstić information content (AvgIpc) is 2.80. The number of unbranched alkanes of at least 4 members (excludes halogenated alkanes) is 6. The molecule has 2 N–H and O–H groups in total. The highest BCUT2D eigenvalue weighted by Gasteiger charge is 2.04. The maximum atomic E-state index is 6.13. The van der Waals surface area contributed by atoms with Gasteiger partial charge < -0.3 is 5.73 Å². The van der Waals surface area contributed by atoms with Gasteiger partial charge in [0.25, 0.3) is 0 Å². The number of thiophene rings is 1. The van der Waals surface area contributed by atoms with Crippen LogP contribution in [0.1, 0.15) is 63.2 Å². The first kappa shape index (κ1) is 14.7. The number of hydrogen-bond donors (Lipinski definition) is 1. The normalized spacial score (nSPS) is 12.8. The van der Waals surface area contributed by atoms with Crippen molar-refractivity contribution in [1.82, 2.24) is 0 Å². The molecule has 0 saturated heterocycles. The van der Waals surface area contributed by atoms with Crippen molar-refractivity contribution in [3.8, 4) is 0 Å². The van der Waals surface area contributed by atoms with Gasteiger partial charge in [-0.3, -0.25) is 0 Å². The first-order valence-corrected chi connectivity index (χ1v) is 7.99. The zero-order chi connectivity index (χ0) is 12.3. The quantitative estimate of drug-likeness (QED) is 0.598. The van der Waals surface area contributed by atoms with Crippen LogP contribution in [-0.2, 0) is 6.42 Å². The average molecular weight is 253 g/mol. The summed E-state index contributed by atoms with van der Waals surface area (Å²) in [6, 6.07) is 4.67. The van der Waals surface area contributed by atoms with Crippen LogP contribution < -0.4 is 5.73 Å². The highest BCUT2D eigenvalue weighted by Crippen LogP contribution is 2.14. The van der Waals surface area contributed by atoms with E-state index in [1.54, 1.807) is 0 Å². The molecule has 0 aliphatic carbocycles. The number of hydrogen-bond acceptors (Lipinski definition) is 2. The van der Waals surface area contributed by atoms with Gasteiger partial charge in [-0.15, -0.1) is 11.3 Å². The molecule has 0 aliphatic rings. The molecular formula is C15H27NS. The van der Waals surface area contributed by atoms with Crippen LogP contribution in [0.3, 0.4) is 0 Å². The van der Waals surface area contributed by atoms with Crippen molar-refractivity contribution in [3.63, 3.8) is 0 Å². The maximum Gasteiger partial charge on any atom is 0.00871 e. The Labute approximate surface area is 110 Å². The van der Waals surface area contributed by atoms with Gasteiger partial charge in [0, 0.05) is 10.9 Å². The molecule has 0 saturated carbocycles. The third-order valence-corrected chi connectivity index (χ3v) is 4.12. The smallest absolute Gasteiger partial charge is 0.00871 e. The van der Waals surface area contributed by atoms with E-state index in [4.69, 9.17) is 5.73 Å². The van der Waals surface area contributed by atoms with E-state index in [0.717, 1.165) is 6.42 Å². The monoisotopic (exact) mass is 253 g/mol. The van der Waals surface area contributed by atoms with Crippen LogP contribution in [0.25, 0.3) is 0 Å². The molecule has 0 aliphatic heterocycles. The Hall–Kier alpha value is -0.340. The Bertz CT molecular complexity index is 256. The Morgan fingerprint density at radius 3 is 2.47 bits per heavy atom. The summed E-state index contributed by atoms with van der Waals surface area (Å²) in [6.07, 6.45) is 11.9. The second kappa shape index (κ2) is 9.67. The third kappa shape index (κ3) is 7.56. The first-order valence-electron chi connectivity index (χ1n) is 7.11. The molecule has 98 valence electrons. The molecule has 0 radical (unpaired) electrons. The van der Waals surface area contributed by atoms with Gasteiger partial charge in [-0.1, -0.05) is 57.9 Å². The predicted molar refractivity (Wildman–Crippen MR) is 78.6 cm³/mol. The molecule has 1 atom stereocenters. The van der Waals surface area contributed by atoms with Crippen LogP contribution >= 0.6 is 11.3 Å². The van der Waals surface area contributed by atoms with E-state index in [9.17, 15) is 0 Å². The van der Waals surface area contributed by atoms with Gasteiger partial charge in [-0.25, -0.2) is 0 Å². The molecule has 0 amide bonds. The van der Waals surface area contributed by atoms with Crippen LogP contribution in [-0.4, -0.2) is 6.04 Å². The van der Waals surface area contributed by atoms with Gasteiger partial charge >= 0.3 is 0 Å². The zero-order valence-electron chi connectivity index (χ0n) is 11.2. The molecule has 1 heterocycles. The number of nitrogens with two attached hydrogens (primary N) is 1. The SMILES string of the molecule is CCCCCCCCCC(N)Cc1cccs1. The van der Waals surface area contributed by atoms with Gasteiger partial charge in [0.05, 0.1) is 0 Å². The van der Waals surface area contributed by atoms with Crippen molar-refractivity contribution in [1.29, 1.82) is 0 Å². The Morgan fingerprint density at radius 2 is 1.82 bits per heavy atom. The summed E-state index contributed by atoms with van der Waals surface area (Å²) in [7, 11) is 0. The van der Waals surface area contributed by atoms with E-state index in [1.807, 2.05) is 11.3 Å². The highest BCUT2D eigenvalue weighted by atomic mass is 32.1. The van der Waals surface area contributed by atoms with E-state index in [-0.39, 0.29) is 0 Å². The van der Waals surface area contributed by atoms with Crippen LogP contribution in [0.5, 0.6) is 0 Å². The molecule has 17 heavy (non-hydrogen) atoms. The van der Waals surface area contributed by atoms with Gasteiger partial charge in [-0.2, -0.15) is 0 Å². The molecule has 0 aromatic carbocycles. The van der Waals surface area contributed by atoms with Gasteiger partial charge in [0.2, 0.25) is 0 Å². The summed E-state index contributed by atoms with van der Waals surface area (Å²) >= 11 is 1.82. The van der Waals surface area contributed by atoms with Crippen molar-refractivity contribution >= 4 is 11.3 Å². The molecule has 1 rings (SSSR count). The topological polar surface area (TPSA) is 26.0 Å². The Balaban J connectivity index is 1.92. The van der Waals surface area contributed by atoms with E-state index in [0.29, 0.717) is 6.04 Å². The molecule has 0 fully saturated rings. The fourth-order valence-electron chi connectivity index (χ4n) is 2.15. The van der Waals surface area contributed by atoms with Crippen molar-refractivity contribution in [2.75, 3.05) is 0 Å². The fraction of sp³-hybridized carbons (Fsp3) is 0.733. The minimum absolute atomic E-state index is 0.365. The molecule has 1 nitrogen and oxygen atoms in total. The summed E-state index contributed by atoms with van der Waals surface area (Å²) in [5.74, 6) is 0. The zero-order valence-corrected chi connectivity index (χ0v) is 12.0. The maximum absolute atomic E-state index is 6.13. The standard InChI is InChI=1S/C15H27NS/c1-2-3-4-5-6-7-8-10-14(16)13-15-11-9-12-17-15/h9,11-12,14H,2-8,10,13,16H2,1H3. The van der Waals surface area contributed by atoms with E-state index >= 15 is 0 Å². The van der Waals surface area contributed by atoms with E-state index < -0.39 is 0 Å². The molecule has 1 aromatic heterocycles. The summed E-state index contributed by atoms with van der Waals surface area (Å²) < 4.78 is 0. The number of rotatable bonds is 10. The predicted octanol–water partition coefficient (Wildman–Crippen LogP) is 4.76. The minimum atomic E-state index is 0.365. The minimum Gasteiger partial charge on any atom is -0.327 e. The van der Waals surface area contributed by atoms with Crippen LogP contribution in [0, 0.1) is 0 Å². The lowest BCUT2D eigenvalue weighted by Crippen LogP contribution is -2.22. The van der Waals surface area contributed by atoms with Crippen molar-refractivity contribution in [2.45, 2.75) is 70.8 Å². The lowest BCUT2D eigenvalue weighted by Gasteiger charge is -2.09. The van der Waals surface area contributed by atoms with Crippen LogP contribution in [0.15, 0.2) is 17.5 Å². The van der Waals surface area contributed by atoms with Crippen LogP contribution in [0.2, 0.25) is 0 Å². The summed E-state index contributed by atoms with van der Waals surface area (Å²) in [6.45, 7) is 2.27. The lowest BCUT2D eigenvalue weighted by atomic mass is 10.0. The van der Waals surface area contributed by atoms with E-state index in [1.165, 1.54) is 56.2 Å². The molecular weight excluding hydrogens is 226 g/mol. The van der Waals surface area contributed by atoms with E-state index in [2.05, 4.69) is 24.4 Å². The van der Waals surface area contributed by atoms with Gasteiger partial charge in [0.15, 0.2) is 0 Å². The first-order chi connectivity index (χ1) is 8.33. The Morgan fingerprint density at radius 1 is 1.12 bits per heavy atom. The largest absolute Gasteiger partial charge is 0.327 e. The van der Waals surface area contributed by atoms with Crippen molar-refractivity contribution in [3.05, 3.63) is 22.4 Å². The van der Waals surface area contributed by atoms with Crippen molar-refractivity contribution in [2.24, 2.45) is 5.73 Å². The molecule has 0 spiro atoms. The molecule has 1 unspecified atom stereocenters. The third-order valence-electron chi connectivity index (χ3n) is 3.22. The summed E-state index contributed by atoms with van der Waals surface area (Å²) in [5, 5.41) is 2.13. The second-order valence-electron chi connectivity index (χ2n) is 4.95. The lowest BCUT2D eigenvalue weighted by molar-refractivity contribution is 0.530. The fourth-order valence-corrected chi connectivity index (χ4v) is 2.95. The van der Waals surface area contributed by atoms with Crippen LogP contribution in [0.4, 0.5) is 0 Å². The highest BCUT2D eigenvalue weighted by molar-refractivity contribution is 7.09. The second-order valence-corrected chi connectivity index (χ2v) is 5.99. The summed E-state index contributed by atoms with van der Waals surface area (Å²) in [4.78, 5) is 1.43. The van der Waals surface area contributed by atoms with Gasteiger partial charge in [0.1, 0.15) is 0 Å². The molecule has 0 bridgehead atoms. The molecule has 1 aromatic rings. The Kier molecular flexibility index (Phi) is 8.37.